The minimum absolute atomic E-state index is 0.263. The van der Waals surface area contributed by atoms with Crippen molar-refractivity contribution in [2.24, 2.45) is 0 Å². The van der Waals surface area contributed by atoms with Crippen molar-refractivity contribution in [3.05, 3.63) is 44.8 Å². The largest absolute Gasteiger partial charge is 0.486 e. The standard InChI is InChI=1S/C15H19BrN2OS/c1-3-6-17-11(2)13-9-12(16)4-5-14(13)19-10-15-18-7-8-20-15/h4-5,7-9,11,17H,3,6,10H2,1-2H3. The zero-order valence-electron chi connectivity index (χ0n) is 11.7. The highest BCUT2D eigenvalue weighted by Gasteiger charge is 2.12. The minimum Gasteiger partial charge on any atom is -0.486 e. The quantitative estimate of drug-likeness (QED) is 0.792. The van der Waals surface area contributed by atoms with Crippen LogP contribution in [0.5, 0.6) is 5.75 Å². The zero-order valence-corrected chi connectivity index (χ0v) is 14.1. The number of halogens is 1. The Kier molecular flexibility index (Phi) is 6.01. The molecular formula is C15H19BrN2OS. The van der Waals surface area contributed by atoms with Gasteiger partial charge in [0, 0.05) is 27.7 Å². The summed E-state index contributed by atoms with van der Waals surface area (Å²) in [5.74, 6) is 0.916. The van der Waals surface area contributed by atoms with Crippen LogP contribution in [0.2, 0.25) is 0 Å². The normalized spacial score (nSPS) is 12.3. The first-order valence-electron chi connectivity index (χ1n) is 6.74. The Labute approximate surface area is 132 Å². The van der Waals surface area contributed by atoms with Gasteiger partial charge in [0.2, 0.25) is 0 Å². The first kappa shape index (κ1) is 15.5. The second-order valence-corrected chi connectivity index (χ2v) is 6.47. The fraction of sp³-hybridized carbons (Fsp3) is 0.400. The molecule has 1 N–H and O–H groups in total. The van der Waals surface area contributed by atoms with E-state index in [0.717, 1.165) is 28.2 Å². The Morgan fingerprint density at radius 1 is 1.45 bits per heavy atom. The lowest BCUT2D eigenvalue weighted by Crippen LogP contribution is -2.20. The van der Waals surface area contributed by atoms with Crippen LogP contribution in [0, 0.1) is 0 Å². The molecule has 0 spiro atoms. The molecule has 0 amide bonds. The number of thiazole rings is 1. The maximum atomic E-state index is 5.92. The third-order valence-electron chi connectivity index (χ3n) is 2.97. The SMILES string of the molecule is CCCNC(C)c1cc(Br)ccc1OCc1nccs1. The van der Waals surface area contributed by atoms with Crippen molar-refractivity contribution in [3.63, 3.8) is 0 Å². The fourth-order valence-electron chi connectivity index (χ4n) is 1.92. The maximum Gasteiger partial charge on any atom is 0.140 e. The van der Waals surface area contributed by atoms with E-state index in [0.29, 0.717) is 6.61 Å². The monoisotopic (exact) mass is 354 g/mol. The molecule has 3 nitrogen and oxygen atoms in total. The number of aromatic nitrogens is 1. The Hall–Kier alpha value is -0.910. The van der Waals surface area contributed by atoms with Crippen molar-refractivity contribution in [2.45, 2.75) is 32.9 Å². The van der Waals surface area contributed by atoms with Crippen LogP contribution < -0.4 is 10.1 Å². The van der Waals surface area contributed by atoms with Gasteiger partial charge in [0.15, 0.2) is 0 Å². The lowest BCUT2D eigenvalue weighted by molar-refractivity contribution is 0.299. The Balaban J connectivity index is 2.10. The molecule has 5 heteroatoms. The van der Waals surface area contributed by atoms with Crippen molar-refractivity contribution in [1.29, 1.82) is 0 Å². The Bertz CT molecular complexity index is 531. The van der Waals surface area contributed by atoms with Crippen LogP contribution in [0.3, 0.4) is 0 Å². The van der Waals surface area contributed by atoms with Gasteiger partial charge in [-0.3, -0.25) is 0 Å². The van der Waals surface area contributed by atoms with Crippen molar-refractivity contribution in [3.8, 4) is 5.75 Å². The van der Waals surface area contributed by atoms with E-state index < -0.39 is 0 Å². The van der Waals surface area contributed by atoms with Crippen molar-refractivity contribution in [2.75, 3.05) is 6.54 Å². The van der Waals surface area contributed by atoms with Gasteiger partial charge in [-0.05, 0) is 38.1 Å². The third kappa shape index (κ3) is 4.30. The molecule has 1 heterocycles. The number of hydrogen-bond acceptors (Lipinski definition) is 4. The maximum absolute atomic E-state index is 5.92. The fourth-order valence-corrected chi connectivity index (χ4v) is 2.83. The van der Waals surface area contributed by atoms with Crippen LogP contribution in [0.15, 0.2) is 34.2 Å². The predicted molar refractivity (Wildman–Crippen MR) is 87.3 cm³/mol. The lowest BCUT2D eigenvalue weighted by atomic mass is 10.1. The average Bonchev–Trinajstić information content (AvgIpc) is 2.96. The summed E-state index contributed by atoms with van der Waals surface area (Å²) < 4.78 is 6.99. The van der Waals surface area contributed by atoms with Gasteiger partial charge in [0.05, 0.1) is 0 Å². The molecule has 0 saturated carbocycles. The van der Waals surface area contributed by atoms with E-state index in [9.17, 15) is 0 Å². The van der Waals surface area contributed by atoms with Gasteiger partial charge in [-0.1, -0.05) is 22.9 Å². The molecule has 0 fully saturated rings. The summed E-state index contributed by atoms with van der Waals surface area (Å²) in [6.07, 6.45) is 2.92. The molecule has 20 heavy (non-hydrogen) atoms. The van der Waals surface area contributed by atoms with Gasteiger partial charge in [0.25, 0.3) is 0 Å². The molecule has 0 aliphatic heterocycles. The highest BCUT2D eigenvalue weighted by molar-refractivity contribution is 9.10. The summed E-state index contributed by atoms with van der Waals surface area (Å²) in [6.45, 7) is 5.85. The van der Waals surface area contributed by atoms with E-state index in [-0.39, 0.29) is 6.04 Å². The molecule has 1 unspecified atom stereocenters. The lowest BCUT2D eigenvalue weighted by Gasteiger charge is -2.18. The van der Waals surface area contributed by atoms with Gasteiger partial charge in [-0.15, -0.1) is 11.3 Å². The minimum atomic E-state index is 0.263. The summed E-state index contributed by atoms with van der Waals surface area (Å²) in [5, 5.41) is 6.45. The summed E-state index contributed by atoms with van der Waals surface area (Å²) in [6, 6.07) is 6.40. The first-order valence-corrected chi connectivity index (χ1v) is 8.42. The number of nitrogens with zero attached hydrogens (tertiary/aromatic N) is 1. The molecule has 0 aliphatic rings. The second kappa shape index (κ2) is 7.76. The number of ether oxygens (including phenoxy) is 1. The first-order chi connectivity index (χ1) is 9.70. The Morgan fingerprint density at radius 2 is 2.30 bits per heavy atom. The summed E-state index contributed by atoms with van der Waals surface area (Å²) >= 11 is 5.14. The molecule has 0 saturated heterocycles. The molecule has 0 radical (unpaired) electrons. The topological polar surface area (TPSA) is 34.1 Å². The number of hydrogen-bond donors (Lipinski definition) is 1. The third-order valence-corrected chi connectivity index (χ3v) is 4.22. The predicted octanol–water partition coefficient (Wildman–Crippen LogP) is 4.55. The van der Waals surface area contributed by atoms with E-state index in [1.165, 1.54) is 5.56 Å². The van der Waals surface area contributed by atoms with Crippen LogP contribution in [0.4, 0.5) is 0 Å². The van der Waals surface area contributed by atoms with Crippen LogP contribution in [0.25, 0.3) is 0 Å². The van der Waals surface area contributed by atoms with E-state index in [2.05, 4.69) is 46.1 Å². The smallest absolute Gasteiger partial charge is 0.140 e. The van der Waals surface area contributed by atoms with Gasteiger partial charge < -0.3 is 10.1 Å². The molecular weight excluding hydrogens is 336 g/mol. The van der Waals surface area contributed by atoms with Gasteiger partial charge in [-0.25, -0.2) is 4.98 Å². The van der Waals surface area contributed by atoms with E-state index in [4.69, 9.17) is 4.74 Å². The molecule has 2 rings (SSSR count). The molecule has 0 aliphatic carbocycles. The van der Waals surface area contributed by atoms with Crippen LogP contribution in [-0.4, -0.2) is 11.5 Å². The van der Waals surface area contributed by atoms with E-state index in [1.807, 2.05) is 17.5 Å². The molecule has 1 atom stereocenters. The molecule has 1 aromatic heterocycles. The number of rotatable bonds is 7. The highest BCUT2D eigenvalue weighted by Crippen LogP contribution is 2.29. The van der Waals surface area contributed by atoms with Crippen LogP contribution in [-0.2, 0) is 6.61 Å². The van der Waals surface area contributed by atoms with Crippen molar-refractivity contribution < 1.29 is 4.74 Å². The molecule has 108 valence electrons. The molecule has 0 bridgehead atoms. The average molecular weight is 355 g/mol. The zero-order chi connectivity index (χ0) is 14.4. The van der Waals surface area contributed by atoms with Gasteiger partial charge >= 0.3 is 0 Å². The summed E-state index contributed by atoms with van der Waals surface area (Å²) in [4.78, 5) is 4.24. The Morgan fingerprint density at radius 3 is 3.00 bits per heavy atom. The van der Waals surface area contributed by atoms with Crippen molar-refractivity contribution >= 4 is 27.3 Å². The summed E-state index contributed by atoms with van der Waals surface area (Å²) in [7, 11) is 0. The van der Waals surface area contributed by atoms with E-state index >= 15 is 0 Å². The molecule has 2 aromatic rings. The molecule has 1 aromatic carbocycles. The van der Waals surface area contributed by atoms with Gasteiger partial charge in [-0.2, -0.15) is 0 Å². The van der Waals surface area contributed by atoms with Crippen LogP contribution >= 0.6 is 27.3 Å². The number of benzene rings is 1. The van der Waals surface area contributed by atoms with Crippen LogP contribution in [0.1, 0.15) is 36.9 Å². The highest BCUT2D eigenvalue weighted by atomic mass is 79.9. The summed E-state index contributed by atoms with van der Waals surface area (Å²) in [5.41, 5.74) is 1.17. The van der Waals surface area contributed by atoms with Gasteiger partial charge in [0.1, 0.15) is 17.4 Å². The van der Waals surface area contributed by atoms with Crippen molar-refractivity contribution in [1.82, 2.24) is 10.3 Å². The van der Waals surface area contributed by atoms with E-state index in [1.54, 1.807) is 17.5 Å². The second-order valence-electron chi connectivity index (χ2n) is 4.57. The number of nitrogens with one attached hydrogen (secondary N) is 1.